The van der Waals surface area contributed by atoms with Crippen molar-refractivity contribution in [2.75, 3.05) is 5.32 Å². The van der Waals surface area contributed by atoms with Crippen LogP contribution in [0.4, 0.5) is 11.6 Å². The normalized spacial score (nSPS) is 11.2. The molecule has 5 aromatic carbocycles. The Labute approximate surface area is 220 Å². The average Bonchev–Trinajstić information content (AvgIpc) is 3.32. The van der Waals surface area contributed by atoms with Crippen molar-refractivity contribution >= 4 is 33.4 Å². The van der Waals surface area contributed by atoms with Gasteiger partial charge in [0.15, 0.2) is 0 Å². The molecule has 180 valence electrons. The van der Waals surface area contributed by atoms with Crippen molar-refractivity contribution in [2.24, 2.45) is 0 Å². The highest BCUT2D eigenvalue weighted by molar-refractivity contribution is 6.10. The summed E-state index contributed by atoms with van der Waals surface area (Å²) in [6.45, 7) is 0. The van der Waals surface area contributed by atoms with Gasteiger partial charge in [-0.3, -0.25) is 0 Å². The monoisotopic (exact) mass is 488 g/mol. The SMILES string of the molecule is c1ccc(-c2cc(-c3ccccc3)nc(Nc3ccc4c5ccccc5n(-c5ccccc5)c4c3)n2)cc1. The molecule has 0 spiro atoms. The van der Waals surface area contributed by atoms with Gasteiger partial charge in [-0.2, -0.15) is 0 Å². The van der Waals surface area contributed by atoms with Gasteiger partial charge in [-0.1, -0.05) is 103 Å². The predicted octanol–water partition coefficient (Wildman–Crippen LogP) is 8.65. The van der Waals surface area contributed by atoms with E-state index in [-0.39, 0.29) is 0 Å². The average molecular weight is 489 g/mol. The van der Waals surface area contributed by atoms with Gasteiger partial charge in [-0.15, -0.1) is 0 Å². The minimum absolute atomic E-state index is 0.562. The highest BCUT2D eigenvalue weighted by Gasteiger charge is 2.14. The molecule has 38 heavy (non-hydrogen) atoms. The zero-order chi connectivity index (χ0) is 25.3. The maximum Gasteiger partial charge on any atom is 0.228 e. The molecule has 7 rings (SSSR count). The van der Waals surface area contributed by atoms with Crippen LogP contribution in [-0.2, 0) is 0 Å². The van der Waals surface area contributed by atoms with Crippen LogP contribution in [0.3, 0.4) is 0 Å². The first-order valence-electron chi connectivity index (χ1n) is 12.7. The van der Waals surface area contributed by atoms with Crippen LogP contribution in [0.15, 0.2) is 140 Å². The van der Waals surface area contributed by atoms with E-state index >= 15 is 0 Å². The Hall–Kier alpha value is -5.22. The first-order chi connectivity index (χ1) is 18.8. The molecular formula is C34H24N4. The van der Waals surface area contributed by atoms with Gasteiger partial charge >= 0.3 is 0 Å². The van der Waals surface area contributed by atoms with Crippen LogP contribution in [0.25, 0.3) is 50.0 Å². The maximum atomic E-state index is 4.90. The lowest BCUT2D eigenvalue weighted by atomic mass is 10.1. The zero-order valence-electron chi connectivity index (χ0n) is 20.6. The molecule has 2 heterocycles. The van der Waals surface area contributed by atoms with Gasteiger partial charge < -0.3 is 9.88 Å². The van der Waals surface area contributed by atoms with Crippen LogP contribution >= 0.6 is 0 Å². The van der Waals surface area contributed by atoms with E-state index in [4.69, 9.17) is 9.97 Å². The van der Waals surface area contributed by atoms with Gasteiger partial charge in [-0.25, -0.2) is 9.97 Å². The molecule has 0 fully saturated rings. The Bertz CT molecular complexity index is 1820. The Balaban J connectivity index is 1.37. The lowest BCUT2D eigenvalue weighted by Gasteiger charge is -2.12. The highest BCUT2D eigenvalue weighted by atomic mass is 15.1. The van der Waals surface area contributed by atoms with Crippen molar-refractivity contribution in [1.29, 1.82) is 0 Å². The highest BCUT2D eigenvalue weighted by Crippen LogP contribution is 2.34. The number of hydrogen-bond acceptors (Lipinski definition) is 3. The van der Waals surface area contributed by atoms with Crippen LogP contribution < -0.4 is 5.32 Å². The number of para-hydroxylation sites is 2. The molecule has 0 aliphatic rings. The van der Waals surface area contributed by atoms with Gasteiger partial charge in [0.25, 0.3) is 0 Å². The Morgan fingerprint density at radius 2 is 1.03 bits per heavy atom. The second-order valence-corrected chi connectivity index (χ2v) is 9.24. The fourth-order valence-electron chi connectivity index (χ4n) is 5.05. The van der Waals surface area contributed by atoms with E-state index < -0.39 is 0 Å². The second-order valence-electron chi connectivity index (χ2n) is 9.24. The van der Waals surface area contributed by atoms with Gasteiger partial charge in [0, 0.05) is 33.3 Å². The fraction of sp³-hybridized carbons (Fsp3) is 0. The van der Waals surface area contributed by atoms with Gasteiger partial charge in [0.2, 0.25) is 5.95 Å². The molecule has 0 atom stereocenters. The number of nitrogens with one attached hydrogen (secondary N) is 1. The van der Waals surface area contributed by atoms with Crippen LogP contribution in [-0.4, -0.2) is 14.5 Å². The number of fused-ring (bicyclic) bond motifs is 3. The summed E-state index contributed by atoms with van der Waals surface area (Å²) in [7, 11) is 0. The van der Waals surface area contributed by atoms with Crippen LogP contribution in [0.5, 0.6) is 0 Å². The zero-order valence-corrected chi connectivity index (χ0v) is 20.6. The summed E-state index contributed by atoms with van der Waals surface area (Å²) in [4.78, 5) is 9.80. The number of anilines is 2. The third-order valence-corrected chi connectivity index (χ3v) is 6.81. The smallest absolute Gasteiger partial charge is 0.228 e. The Morgan fingerprint density at radius 3 is 1.68 bits per heavy atom. The number of rotatable bonds is 5. The summed E-state index contributed by atoms with van der Waals surface area (Å²) in [6, 6.07) is 48.0. The van der Waals surface area contributed by atoms with E-state index in [1.54, 1.807) is 0 Å². The number of aromatic nitrogens is 3. The molecule has 0 amide bonds. The lowest BCUT2D eigenvalue weighted by Crippen LogP contribution is -2.01. The molecule has 0 aliphatic carbocycles. The molecule has 0 aliphatic heterocycles. The summed E-state index contributed by atoms with van der Waals surface area (Å²) in [5.74, 6) is 0.562. The first-order valence-corrected chi connectivity index (χ1v) is 12.7. The molecule has 0 saturated heterocycles. The van der Waals surface area contributed by atoms with E-state index in [1.807, 2.05) is 48.5 Å². The molecule has 7 aromatic rings. The largest absolute Gasteiger partial charge is 0.324 e. The van der Waals surface area contributed by atoms with E-state index in [9.17, 15) is 0 Å². The van der Waals surface area contributed by atoms with Crippen LogP contribution in [0.2, 0.25) is 0 Å². The van der Waals surface area contributed by atoms with Gasteiger partial charge in [-0.05, 0) is 36.4 Å². The van der Waals surface area contributed by atoms with Crippen molar-refractivity contribution < 1.29 is 0 Å². The third kappa shape index (κ3) is 3.98. The molecule has 2 aromatic heterocycles. The third-order valence-electron chi connectivity index (χ3n) is 6.81. The standard InChI is InChI=1S/C34H24N4/c1-4-12-24(13-5-1)30-23-31(25-14-6-2-7-15-25)37-34(36-30)35-26-20-21-29-28-18-10-11-19-32(28)38(33(29)22-26)27-16-8-3-9-17-27/h1-23H,(H,35,36,37). The van der Waals surface area contributed by atoms with Gasteiger partial charge in [0.05, 0.1) is 22.4 Å². The molecular weight excluding hydrogens is 464 g/mol. The van der Waals surface area contributed by atoms with E-state index in [1.165, 1.54) is 16.3 Å². The number of hydrogen-bond donors (Lipinski definition) is 1. The predicted molar refractivity (Wildman–Crippen MR) is 157 cm³/mol. The Morgan fingerprint density at radius 1 is 0.474 bits per heavy atom. The topological polar surface area (TPSA) is 42.7 Å². The number of nitrogens with zero attached hydrogens (tertiary/aromatic N) is 3. The van der Waals surface area contributed by atoms with Crippen LogP contribution in [0, 0.1) is 0 Å². The maximum absolute atomic E-state index is 4.90. The molecule has 1 N–H and O–H groups in total. The summed E-state index contributed by atoms with van der Waals surface area (Å²) in [5.41, 5.74) is 8.23. The molecule has 0 saturated carbocycles. The van der Waals surface area contributed by atoms with E-state index in [2.05, 4.69) is 101 Å². The fourth-order valence-corrected chi connectivity index (χ4v) is 5.05. The summed E-state index contributed by atoms with van der Waals surface area (Å²) < 4.78 is 2.31. The van der Waals surface area contributed by atoms with E-state index in [0.717, 1.165) is 39.4 Å². The second kappa shape index (κ2) is 9.34. The summed E-state index contributed by atoms with van der Waals surface area (Å²) in [6.07, 6.45) is 0. The van der Waals surface area contributed by atoms with Crippen LogP contribution in [0.1, 0.15) is 0 Å². The minimum atomic E-state index is 0.562. The Kier molecular flexibility index (Phi) is 5.41. The van der Waals surface area contributed by atoms with Crippen molar-refractivity contribution in [2.45, 2.75) is 0 Å². The molecule has 4 heteroatoms. The van der Waals surface area contributed by atoms with Crippen molar-refractivity contribution in [3.8, 4) is 28.2 Å². The quantitative estimate of drug-likeness (QED) is 0.264. The summed E-state index contributed by atoms with van der Waals surface area (Å²) in [5, 5.41) is 5.94. The van der Waals surface area contributed by atoms with Crippen molar-refractivity contribution in [3.05, 3.63) is 140 Å². The first kappa shape index (κ1) is 22.0. The van der Waals surface area contributed by atoms with Crippen molar-refractivity contribution in [1.82, 2.24) is 14.5 Å². The molecule has 4 nitrogen and oxygen atoms in total. The lowest BCUT2D eigenvalue weighted by molar-refractivity contribution is 1.17. The molecule has 0 radical (unpaired) electrons. The molecule has 0 unspecified atom stereocenters. The summed E-state index contributed by atoms with van der Waals surface area (Å²) >= 11 is 0. The van der Waals surface area contributed by atoms with E-state index in [0.29, 0.717) is 5.95 Å². The van der Waals surface area contributed by atoms with Gasteiger partial charge in [0.1, 0.15) is 0 Å². The molecule has 0 bridgehead atoms. The minimum Gasteiger partial charge on any atom is -0.324 e. The van der Waals surface area contributed by atoms with Crippen molar-refractivity contribution in [3.63, 3.8) is 0 Å². The number of benzene rings is 5.